The number of likely N-dealkylation sites (tertiary alicyclic amines) is 1. The summed E-state index contributed by atoms with van der Waals surface area (Å²) in [6.45, 7) is 5.93. The summed E-state index contributed by atoms with van der Waals surface area (Å²) in [6, 6.07) is 1.57. The number of rotatable bonds is 5. The lowest BCUT2D eigenvalue weighted by atomic mass is 10.1. The number of nitrogens with zero attached hydrogens (tertiary/aromatic N) is 1. The average molecular weight is 266 g/mol. The second-order valence-electron chi connectivity index (χ2n) is 6.83. The Balaban J connectivity index is 1.39. The fraction of sp³-hybridized carbons (Fsp3) is 1.00. The van der Waals surface area contributed by atoms with E-state index >= 15 is 0 Å². The van der Waals surface area contributed by atoms with Gasteiger partial charge in [0, 0.05) is 25.2 Å². The molecule has 3 heteroatoms. The molecule has 2 heterocycles. The number of hydrogen-bond donors (Lipinski definition) is 1. The van der Waals surface area contributed by atoms with Crippen molar-refractivity contribution >= 4 is 0 Å². The van der Waals surface area contributed by atoms with Crippen LogP contribution in [0.5, 0.6) is 0 Å². The molecule has 2 saturated heterocycles. The van der Waals surface area contributed by atoms with Crippen LogP contribution in [-0.2, 0) is 4.74 Å². The minimum Gasteiger partial charge on any atom is -0.372 e. The van der Waals surface area contributed by atoms with Crippen LogP contribution < -0.4 is 5.32 Å². The molecule has 3 nitrogen and oxygen atoms in total. The summed E-state index contributed by atoms with van der Waals surface area (Å²) in [4.78, 5) is 2.67. The first-order chi connectivity index (χ1) is 9.31. The van der Waals surface area contributed by atoms with Gasteiger partial charge in [0.25, 0.3) is 0 Å². The second-order valence-corrected chi connectivity index (χ2v) is 6.83. The molecular weight excluding hydrogens is 236 g/mol. The molecule has 3 fully saturated rings. The molecule has 0 aromatic heterocycles. The number of hydrogen-bond acceptors (Lipinski definition) is 3. The lowest BCUT2D eigenvalue weighted by Crippen LogP contribution is -2.39. The normalized spacial score (nSPS) is 37.4. The summed E-state index contributed by atoms with van der Waals surface area (Å²) in [5.41, 5.74) is 0. The number of nitrogens with one attached hydrogen (secondary N) is 1. The van der Waals surface area contributed by atoms with Gasteiger partial charge in [-0.2, -0.15) is 0 Å². The lowest BCUT2D eigenvalue weighted by Gasteiger charge is -2.29. The van der Waals surface area contributed by atoms with Crippen LogP contribution in [0, 0.1) is 0 Å². The third-order valence-electron chi connectivity index (χ3n) is 5.04. The molecular formula is C16H30N2O. The van der Waals surface area contributed by atoms with Crippen molar-refractivity contribution in [3.05, 3.63) is 0 Å². The molecule has 19 heavy (non-hydrogen) atoms. The van der Waals surface area contributed by atoms with Crippen LogP contribution in [0.1, 0.15) is 58.3 Å². The molecule has 3 aliphatic rings. The van der Waals surface area contributed by atoms with Crippen molar-refractivity contribution in [3.8, 4) is 0 Å². The third kappa shape index (κ3) is 4.17. The van der Waals surface area contributed by atoms with Crippen molar-refractivity contribution in [2.24, 2.45) is 0 Å². The summed E-state index contributed by atoms with van der Waals surface area (Å²) in [5, 5.41) is 3.60. The van der Waals surface area contributed by atoms with Crippen molar-refractivity contribution in [1.29, 1.82) is 0 Å². The van der Waals surface area contributed by atoms with E-state index in [9.17, 15) is 0 Å². The highest BCUT2D eigenvalue weighted by molar-refractivity contribution is 4.85. The summed E-state index contributed by atoms with van der Waals surface area (Å²) >= 11 is 0. The highest BCUT2D eigenvalue weighted by atomic mass is 16.5. The zero-order valence-electron chi connectivity index (χ0n) is 12.4. The van der Waals surface area contributed by atoms with Crippen LogP contribution >= 0.6 is 0 Å². The molecule has 2 aliphatic heterocycles. The van der Waals surface area contributed by atoms with Crippen molar-refractivity contribution in [2.75, 3.05) is 19.6 Å². The molecule has 0 amide bonds. The Kier molecular flexibility index (Phi) is 4.78. The highest BCUT2D eigenvalue weighted by Crippen LogP contribution is 2.25. The molecule has 1 saturated carbocycles. The fourth-order valence-corrected chi connectivity index (χ4v) is 3.52. The Morgan fingerprint density at radius 3 is 2.68 bits per heavy atom. The van der Waals surface area contributed by atoms with Crippen molar-refractivity contribution in [1.82, 2.24) is 10.2 Å². The lowest BCUT2D eigenvalue weighted by molar-refractivity contribution is 0.0163. The van der Waals surface area contributed by atoms with Gasteiger partial charge >= 0.3 is 0 Å². The third-order valence-corrected chi connectivity index (χ3v) is 5.04. The standard InChI is InChI=1S/C16H30N2O/c1-13-5-3-2-4-10-18(13)12-16-9-8-15(19-16)11-17-14-6-7-14/h13-17H,2-12H2,1H3. The van der Waals surface area contributed by atoms with E-state index in [-0.39, 0.29) is 0 Å². The molecule has 0 radical (unpaired) electrons. The fourth-order valence-electron chi connectivity index (χ4n) is 3.52. The van der Waals surface area contributed by atoms with Crippen LogP contribution in [0.3, 0.4) is 0 Å². The zero-order valence-corrected chi connectivity index (χ0v) is 12.4. The summed E-state index contributed by atoms with van der Waals surface area (Å²) in [7, 11) is 0. The smallest absolute Gasteiger partial charge is 0.0707 e. The largest absolute Gasteiger partial charge is 0.372 e. The Bertz CT molecular complexity index is 280. The molecule has 0 aromatic carbocycles. The van der Waals surface area contributed by atoms with Gasteiger partial charge in [0.15, 0.2) is 0 Å². The molecule has 0 bridgehead atoms. The predicted octanol–water partition coefficient (Wildman–Crippen LogP) is 2.55. The van der Waals surface area contributed by atoms with Crippen LogP contribution in [-0.4, -0.2) is 48.8 Å². The average Bonchev–Trinajstić information content (AvgIpc) is 3.16. The van der Waals surface area contributed by atoms with Gasteiger partial charge in [0.05, 0.1) is 12.2 Å². The maximum atomic E-state index is 6.23. The first kappa shape index (κ1) is 13.8. The molecule has 3 unspecified atom stereocenters. The summed E-state index contributed by atoms with van der Waals surface area (Å²) < 4.78 is 6.23. The van der Waals surface area contributed by atoms with Crippen LogP contribution in [0.25, 0.3) is 0 Å². The SMILES string of the molecule is CC1CCCCCN1CC1CCC(CNC2CC2)O1. The summed E-state index contributed by atoms with van der Waals surface area (Å²) in [5.74, 6) is 0. The Hall–Kier alpha value is -0.120. The van der Waals surface area contributed by atoms with E-state index in [1.54, 1.807) is 0 Å². The highest BCUT2D eigenvalue weighted by Gasteiger charge is 2.30. The maximum absolute atomic E-state index is 6.23. The quantitative estimate of drug-likeness (QED) is 0.827. The zero-order chi connectivity index (χ0) is 13.1. The van der Waals surface area contributed by atoms with E-state index in [1.165, 1.54) is 64.5 Å². The Morgan fingerprint density at radius 2 is 1.84 bits per heavy atom. The molecule has 0 spiro atoms. The first-order valence-electron chi connectivity index (χ1n) is 8.44. The van der Waals surface area contributed by atoms with Crippen LogP contribution in [0.4, 0.5) is 0 Å². The number of ether oxygens (including phenoxy) is 1. The Morgan fingerprint density at radius 1 is 1.00 bits per heavy atom. The van der Waals surface area contributed by atoms with Gasteiger partial charge in [0.1, 0.15) is 0 Å². The van der Waals surface area contributed by atoms with E-state index in [2.05, 4.69) is 17.1 Å². The minimum atomic E-state index is 0.480. The van der Waals surface area contributed by atoms with Crippen molar-refractivity contribution in [3.63, 3.8) is 0 Å². The van der Waals surface area contributed by atoms with Gasteiger partial charge in [-0.3, -0.25) is 4.90 Å². The van der Waals surface area contributed by atoms with Gasteiger partial charge in [-0.15, -0.1) is 0 Å². The van der Waals surface area contributed by atoms with Gasteiger partial charge in [-0.05, 0) is 52.0 Å². The van der Waals surface area contributed by atoms with Crippen LogP contribution in [0.15, 0.2) is 0 Å². The molecule has 1 N–H and O–H groups in total. The van der Waals surface area contributed by atoms with E-state index < -0.39 is 0 Å². The second kappa shape index (κ2) is 6.55. The van der Waals surface area contributed by atoms with E-state index in [0.717, 1.165) is 18.6 Å². The van der Waals surface area contributed by atoms with E-state index in [4.69, 9.17) is 4.74 Å². The van der Waals surface area contributed by atoms with E-state index in [1.807, 2.05) is 0 Å². The maximum Gasteiger partial charge on any atom is 0.0707 e. The molecule has 110 valence electrons. The van der Waals surface area contributed by atoms with E-state index in [0.29, 0.717) is 12.2 Å². The van der Waals surface area contributed by atoms with Gasteiger partial charge in [-0.25, -0.2) is 0 Å². The van der Waals surface area contributed by atoms with Crippen molar-refractivity contribution in [2.45, 2.75) is 82.6 Å². The molecule has 1 aliphatic carbocycles. The van der Waals surface area contributed by atoms with Gasteiger partial charge < -0.3 is 10.1 Å². The summed E-state index contributed by atoms with van der Waals surface area (Å²) in [6.07, 6.45) is 11.8. The Labute approximate surface area is 118 Å². The van der Waals surface area contributed by atoms with Gasteiger partial charge in [-0.1, -0.05) is 12.8 Å². The topological polar surface area (TPSA) is 24.5 Å². The molecule has 0 aromatic rings. The van der Waals surface area contributed by atoms with Crippen molar-refractivity contribution < 1.29 is 4.74 Å². The monoisotopic (exact) mass is 266 g/mol. The minimum absolute atomic E-state index is 0.480. The van der Waals surface area contributed by atoms with Gasteiger partial charge in [0.2, 0.25) is 0 Å². The molecule has 3 rings (SSSR count). The van der Waals surface area contributed by atoms with Crippen LogP contribution in [0.2, 0.25) is 0 Å². The molecule has 3 atom stereocenters. The predicted molar refractivity (Wildman–Crippen MR) is 78.4 cm³/mol. The first-order valence-corrected chi connectivity index (χ1v) is 8.44.